The van der Waals surface area contributed by atoms with Gasteiger partial charge in [0.2, 0.25) is 0 Å². The van der Waals surface area contributed by atoms with E-state index in [1.165, 1.54) is 17.5 Å². The molecule has 2 N–H and O–H groups in total. The minimum Gasteiger partial charge on any atom is -0.274 e. The Labute approximate surface area is 77.0 Å². The molecule has 0 spiro atoms. The first-order valence-electron chi connectivity index (χ1n) is 3.70. The zero-order valence-electron chi connectivity index (χ0n) is 7.24. The molecule has 1 aromatic heterocycles. The van der Waals surface area contributed by atoms with Gasteiger partial charge in [-0.3, -0.25) is 10.1 Å². The van der Waals surface area contributed by atoms with Crippen LogP contribution in [-0.4, -0.2) is 4.98 Å². The molecule has 3 heteroatoms. The van der Waals surface area contributed by atoms with Gasteiger partial charge >= 0.3 is 0 Å². The van der Waals surface area contributed by atoms with E-state index in [1.807, 2.05) is 32.1 Å². The molecule has 0 saturated carbocycles. The van der Waals surface area contributed by atoms with Gasteiger partial charge in [-0.2, -0.15) is 0 Å². The minimum absolute atomic E-state index is 0.979. The van der Waals surface area contributed by atoms with Crippen LogP contribution in [0.5, 0.6) is 0 Å². The van der Waals surface area contributed by atoms with E-state index in [0.29, 0.717) is 0 Å². The number of rotatable bonds is 2. The number of nitrogens with two attached hydrogens (primary N) is 1. The Balaban J connectivity index is 2.85. The fourth-order valence-electron chi connectivity index (χ4n) is 0.843. The molecule has 0 aliphatic rings. The maximum Gasteiger partial charge on any atom is 0.0629 e. The first kappa shape index (κ1) is 9.29. The molecule has 0 unspecified atom stereocenters. The summed E-state index contributed by atoms with van der Waals surface area (Å²) in [6, 6.07) is 3.93. The first-order chi connectivity index (χ1) is 5.72. The van der Waals surface area contributed by atoms with Crippen LogP contribution >= 0.6 is 11.9 Å². The normalized spacial score (nSPS) is 9.58. The highest BCUT2D eigenvalue weighted by molar-refractivity contribution is 7.97. The average molecular weight is 180 g/mol. The minimum atomic E-state index is 0.979. The van der Waals surface area contributed by atoms with Crippen molar-refractivity contribution in [1.29, 1.82) is 0 Å². The van der Waals surface area contributed by atoms with Crippen molar-refractivity contribution in [3.63, 3.8) is 0 Å². The van der Waals surface area contributed by atoms with Crippen LogP contribution < -0.4 is 5.14 Å². The Kier molecular flexibility index (Phi) is 3.31. The van der Waals surface area contributed by atoms with Crippen molar-refractivity contribution < 1.29 is 0 Å². The summed E-state index contributed by atoms with van der Waals surface area (Å²) >= 11 is 1.21. The molecule has 1 aromatic rings. The van der Waals surface area contributed by atoms with Gasteiger partial charge in [0.05, 0.1) is 5.69 Å². The predicted molar refractivity (Wildman–Crippen MR) is 53.6 cm³/mol. The van der Waals surface area contributed by atoms with E-state index >= 15 is 0 Å². The molecule has 0 aliphatic carbocycles. The number of allylic oxidation sites excluding steroid dienone is 1. The van der Waals surface area contributed by atoms with E-state index in [2.05, 4.69) is 4.98 Å². The van der Waals surface area contributed by atoms with E-state index in [9.17, 15) is 0 Å². The molecule has 0 bridgehead atoms. The highest BCUT2D eigenvalue weighted by atomic mass is 32.2. The molecule has 0 radical (unpaired) electrons. The number of pyridine rings is 1. The maximum atomic E-state index is 5.36. The third kappa shape index (κ3) is 2.68. The van der Waals surface area contributed by atoms with Crippen LogP contribution in [0, 0.1) is 0 Å². The van der Waals surface area contributed by atoms with Crippen molar-refractivity contribution in [2.24, 2.45) is 5.14 Å². The summed E-state index contributed by atoms with van der Waals surface area (Å²) in [4.78, 5) is 5.20. The van der Waals surface area contributed by atoms with Gasteiger partial charge in [0.25, 0.3) is 0 Å². The molecular formula is C9H12N2S. The molecule has 2 nitrogen and oxygen atoms in total. The zero-order valence-corrected chi connectivity index (χ0v) is 8.06. The number of nitrogens with zero attached hydrogens (tertiary/aromatic N) is 1. The quantitative estimate of drug-likeness (QED) is 0.711. The molecular weight excluding hydrogens is 168 g/mol. The molecule has 1 heterocycles. The van der Waals surface area contributed by atoms with Gasteiger partial charge in [-0.1, -0.05) is 5.57 Å². The monoisotopic (exact) mass is 180 g/mol. The van der Waals surface area contributed by atoms with Crippen LogP contribution in [0.1, 0.15) is 19.5 Å². The van der Waals surface area contributed by atoms with Crippen molar-refractivity contribution in [3.8, 4) is 0 Å². The fraction of sp³-hybridized carbons (Fsp3) is 0.222. The van der Waals surface area contributed by atoms with E-state index in [1.54, 1.807) is 6.20 Å². The summed E-state index contributed by atoms with van der Waals surface area (Å²) in [6.45, 7) is 4.10. The van der Waals surface area contributed by atoms with Crippen molar-refractivity contribution >= 4 is 18.0 Å². The molecule has 0 atom stereocenters. The van der Waals surface area contributed by atoms with Crippen molar-refractivity contribution in [1.82, 2.24) is 4.98 Å². The van der Waals surface area contributed by atoms with Crippen LogP contribution in [0.2, 0.25) is 0 Å². The van der Waals surface area contributed by atoms with Crippen molar-refractivity contribution in [3.05, 3.63) is 29.6 Å². The summed E-state index contributed by atoms with van der Waals surface area (Å²) in [5.41, 5.74) is 2.23. The number of aromatic nitrogens is 1. The van der Waals surface area contributed by atoms with Gasteiger partial charge in [-0.25, -0.2) is 0 Å². The van der Waals surface area contributed by atoms with Crippen molar-refractivity contribution in [2.75, 3.05) is 0 Å². The summed E-state index contributed by atoms with van der Waals surface area (Å²) < 4.78 is 0. The Morgan fingerprint density at radius 3 is 2.67 bits per heavy atom. The Bertz CT molecular complexity index is 273. The second-order valence-electron chi connectivity index (χ2n) is 2.76. The number of hydrogen-bond acceptors (Lipinski definition) is 3. The first-order valence-corrected chi connectivity index (χ1v) is 4.58. The fourth-order valence-corrected chi connectivity index (χ4v) is 1.10. The van der Waals surface area contributed by atoms with Crippen LogP contribution in [0.4, 0.5) is 0 Å². The highest BCUT2D eigenvalue weighted by Crippen LogP contribution is 2.11. The third-order valence-electron chi connectivity index (χ3n) is 1.33. The van der Waals surface area contributed by atoms with E-state index in [4.69, 9.17) is 5.14 Å². The largest absolute Gasteiger partial charge is 0.274 e. The van der Waals surface area contributed by atoms with Gasteiger partial charge in [-0.05, 0) is 44.0 Å². The summed E-state index contributed by atoms with van der Waals surface area (Å²) in [6.07, 6.45) is 3.81. The van der Waals surface area contributed by atoms with Crippen LogP contribution in [0.3, 0.4) is 0 Å². The highest BCUT2D eigenvalue weighted by Gasteiger charge is 1.91. The molecule has 0 amide bonds. The lowest BCUT2D eigenvalue weighted by atomic mass is 10.2. The van der Waals surface area contributed by atoms with Gasteiger partial charge in [0.15, 0.2) is 0 Å². The summed E-state index contributed by atoms with van der Waals surface area (Å²) in [5, 5.41) is 5.36. The van der Waals surface area contributed by atoms with E-state index in [0.717, 1.165) is 10.6 Å². The third-order valence-corrected chi connectivity index (χ3v) is 1.85. The zero-order chi connectivity index (χ0) is 8.97. The lowest BCUT2D eigenvalue weighted by Crippen LogP contribution is -1.84. The van der Waals surface area contributed by atoms with E-state index in [-0.39, 0.29) is 0 Å². The second kappa shape index (κ2) is 4.28. The molecule has 0 fully saturated rings. The standard InChI is InChI=1S/C9H12N2S/c1-7(2)5-8-3-4-9(12-10)6-11-8/h3-6H,10H2,1-2H3. The average Bonchev–Trinajstić information content (AvgIpc) is 2.05. The predicted octanol–water partition coefficient (Wildman–Crippen LogP) is 2.47. The Morgan fingerprint density at radius 1 is 1.50 bits per heavy atom. The van der Waals surface area contributed by atoms with E-state index < -0.39 is 0 Å². The van der Waals surface area contributed by atoms with Crippen LogP contribution in [0.25, 0.3) is 6.08 Å². The lowest BCUT2D eigenvalue weighted by molar-refractivity contribution is 1.21. The Morgan fingerprint density at radius 2 is 2.25 bits per heavy atom. The molecule has 1 rings (SSSR count). The molecule has 12 heavy (non-hydrogen) atoms. The lowest BCUT2D eigenvalue weighted by Gasteiger charge is -1.96. The van der Waals surface area contributed by atoms with Crippen LogP contribution in [-0.2, 0) is 0 Å². The SMILES string of the molecule is CC(C)=Cc1ccc(SN)cn1. The molecule has 64 valence electrons. The molecule has 0 saturated heterocycles. The topological polar surface area (TPSA) is 38.9 Å². The summed E-state index contributed by atoms with van der Waals surface area (Å²) in [7, 11) is 0. The van der Waals surface area contributed by atoms with Gasteiger partial charge in [0, 0.05) is 11.1 Å². The smallest absolute Gasteiger partial charge is 0.0629 e. The van der Waals surface area contributed by atoms with Crippen molar-refractivity contribution in [2.45, 2.75) is 18.7 Å². The molecule has 0 aromatic carbocycles. The molecule has 0 aliphatic heterocycles. The van der Waals surface area contributed by atoms with Gasteiger partial charge in [0.1, 0.15) is 0 Å². The van der Waals surface area contributed by atoms with Gasteiger partial charge < -0.3 is 0 Å². The second-order valence-corrected chi connectivity index (χ2v) is 3.47. The maximum absolute atomic E-state index is 5.36. The van der Waals surface area contributed by atoms with Crippen LogP contribution in [0.15, 0.2) is 28.8 Å². The number of hydrogen-bond donors (Lipinski definition) is 1. The summed E-state index contributed by atoms with van der Waals surface area (Å²) in [5.74, 6) is 0. The van der Waals surface area contributed by atoms with Gasteiger partial charge in [-0.15, -0.1) is 0 Å². The Hall–Kier alpha value is -0.800.